The van der Waals surface area contributed by atoms with Crippen molar-refractivity contribution in [1.82, 2.24) is 9.55 Å². The Labute approximate surface area is 160 Å². The molecule has 27 heavy (non-hydrogen) atoms. The molecule has 2 heterocycles. The maximum absolute atomic E-state index is 14.7. The summed E-state index contributed by atoms with van der Waals surface area (Å²) in [5.74, 6) is 2.07. The zero-order chi connectivity index (χ0) is 18.8. The van der Waals surface area contributed by atoms with Crippen LogP contribution in [-0.4, -0.2) is 20.8 Å². The summed E-state index contributed by atoms with van der Waals surface area (Å²) >= 11 is 0. The van der Waals surface area contributed by atoms with Gasteiger partial charge in [0, 0.05) is 11.1 Å². The van der Waals surface area contributed by atoms with Crippen molar-refractivity contribution in [3.63, 3.8) is 0 Å². The predicted octanol–water partition coefficient (Wildman–Crippen LogP) is 5.20. The normalized spacial score (nSPS) is 35.6. The van der Waals surface area contributed by atoms with Gasteiger partial charge in [-0.05, 0) is 54.9 Å². The number of hydrogen-bond acceptors (Lipinski definition) is 2. The fraction of sp³-hybridized carbons (Fsp3) is 0.609. The Bertz CT molecular complexity index is 862. The maximum atomic E-state index is 14.7. The molecule has 0 radical (unpaired) electrons. The fourth-order valence-corrected chi connectivity index (χ4v) is 6.32. The SMILES string of the molecule is CC1CCC2CC1CC(C)(C(O)CC1c3c(F)cccc3-c3cncn31)C2. The van der Waals surface area contributed by atoms with Crippen molar-refractivity contribution in [3.8, 4) is 11.3 Å². The molecule has 2 fully saturated rings. The van der Waals surface area contributed by atoms with E-state index in [0.717, 1.165) is 47.4 Å². The van der Waals surface area contributed by atoms with Crippen LogP contribution in [0.1, 0.15) is 64.0 Å². The third-order valence-electron chi connectivity index (χ3n) is 7.87. The van der Waals surface area contributed by atoms with Crippen molar-refractivity contribution < 1.29 is 9.50 Å². The average Bonchev–Trinajstić information content (AvgIpc) is 3.22. The Morgan fingerprint density at radius 3 is 3.04 bits per heavy atom. The zero-order valence-corrected chi connectivity index (χ0v) is 16.2. The van der Waals surface area contributed by atoms with E-state index in [1.165, 1.54) is 25.3 Å². The molecule has 1 aliphatic heterocycles. The molecule has 3 aliphatic rings. The minimum absolute atomic E-state index is 0.0724. The topological polar surface area (TPSA) is 38.1 Å². The third-order valence-corrected chi connectivity index (χ3v) is 7.87. The van der Waals surface area contributed by atoms with Crippen molar-refractivity contribution >= 4 is 0 Å². The zero-order valence-electron chi connectivity index (χ0n) is 16.2. The van der Waals surface area contributed by atoms with Crippen molar-refractivity contribution in [2.24, 2.45) is 23.2 Å². The van der Waals surface area contributed by atoms with E-state index in [4.69, 9.17) is 0 Å². The number of aromatic nitrogens is 2. The Morgan fingerprint density at radius 2 is 2.19 bits per heavy atom. The van der Waals surface area contributed by atoms with Gasteiger partial charge in [-0.15, -0.1) is 0 Å². The summed E-state index contributed by atoms with van der Waals surface area (Å²) in [6, 6.07) is 5.10. The lowest BCUT2D eigenvalue weighted by Gasteiger charge is -2.50. The molecule has 2 aromatic rings. The van der Waals surface area contributed by atoms with Gasteiger partial charge >= 0.3 is 0 Å². The highest BCUT2D eigenvalue weighted by Gasteiger charge is 2.46. The Kier molecular flexibility index (Phi) is 3.98. The Hall–Kier alpha value is -1.68. The molecular weight excluding hydrogens is 339 g/mol. The van der Waals surface area contributed by atoms with Gasteiger partial charge in [-0.3, -0.25) is 0 Å². The molecule has 1 N–H and O–H groups in total. The molecule has 2 bridgehead atoms. The number of imidazole rings is 1. The second kappa shape index (κ2) is 6.16. The molecule has 2 aliphatic carbocycles. The van der Waals surface area contributed by atoms with Gasteiger partial charge in [0.2, 0.25) is 0 Å². The number of aliphatic hydroxyl groups is 1. The van der Waals surface area contributed by atoms with Gasteiger partial charge in [-0.25, -0.2) is 9.37 Å². The molecule has 0 amide bonds. The lowest BCUT2D eigenvalue weighted by molar-refractivity contribution is -0.0579. The minimum atomic E-state index is -0.432. The molecule has 6 atom stereocenters. The van der Waals surface area contributed by atoms with E-state index in [2.05, 4.69) is 18.8 Å². The number of halogens is 1. The monoisotopic (exact) mass is 368 g/mol. The number of aliphatic hydroxyl groups excluding tert-OH is 1. The first-order valence-corrected chi connectivity index (χ1v) is 10.4. The van der Waals surface area contributed by atoms with E-state index in [0.29, 0.717) is 6.42 Å². The summed E-state index contributed by atoms with van der Waals surface area (Å²) in [6.07, 6.45) is 9.87. The number of fused-ring (bicyclic) bond motifs is 5. The largest absolute Gasteiger partial charge is 0.392 e. The molecule has 1 aromatic heterocycles. The van der Waals surface area contributed by atoms with Crippen LogP contribution in [0.15, 0.2) is 30.7 Å². The van der Waals surface area contributed by atoms with E-state index >= 15 is 0 Å². The van der Waals surface area contributed by atoms with E-state index < -0.39 is 6.10 Å². The van der Waals surface area contributed by atoms with Gasteiger partial charge in [-0.2, -0.15) is 0 Å². The molecule has 1 aromatic carbocycles. The van der Waals surface area contributed by atoms with E-state index in [1.54, 1.807) is 18.6 Å². The summed E-state index contributed by atoms with van der Waals surface area (Å²) in [5, 5.41) is 11.4. The van der Waals surface area contributed by atoms with Gasteiger partial charge in [0.15, 0.2) is 0 Å². The minimum Gasteiger partial charge on any atom is -0.392 e. The van der Waals surface area contributed by atoms with Gasteiger partial charge in [0.1, 0.15) is 5.82 Å². The van der Waals surface area contributed by atoms with Crippen molar-refractivity contribution in [2.75, 3.05) is 0 Å². The standard InChI is InChI=1S/C23H29FN2O/c1-14-6-7-15-8-16(14)11-23(2,10-15)21(27)9-19-22-17(4-3-5-18(22)24)20-12-25-13-26(19)20/h3-5,12-16,19,21,27H,6-11H2,1-2H3. The van der Waals surface area contributed by atoms with Crippen LogP contribution in [0.5, 0.6) is 0 Å². The molecule has 6 unspecified atom stereocenters. The summed E-state index contributed by atoms with van der Waals surface area (Å²) in [4.78, 5) is 4.28. The number of hydrogen-bond donors (Lipinski definition) is 1. The second-order valence-corrected chi connectivity index (χ2v) is 9.63. The first kappa shape index (κ1) is 17.4. The van der Waals surface area contributed by atoms with Crippen LogP contribution in [0.2, 0.25) is 0 Å². The third kappa shape index (κ3) is 2.67. The number of rotatable bonds is 3. The predicted molar refractivity (Wildman–Crippen MR) is 104 cm³/mol. The van der Waals surface area contributed by atoms with Crippen molar-refractivity contribution in [2.45, 2.75) is 64.5 Å². The maximum Gasteiger partial charge on any atom is 0.129 e. The second-order valence-electron chi connectivity index (χ2n) is 9.63. The molecule has 0 saturated heterocycles. The van der Waals surface area contributed by atoms with Crippen LogP contribution in [-0.2, 0) is 0 Å². The lowest BCUT2D eigenvalue weighted by Crippen LogP contribution is -2.44. The molecule has 4 heteroatoms. The quantitative estimate of drug-likeness (QED) is 0.809. The van der Waals surface area contributed by atoms with Gasteiger partial charge < -0.3 is 9.67 Å². The smallest absolute Gasteiger partial charge is 0.129 e. The molecule has 5 rings (SSSR count). The summed E-state index contributed by atoms with van der Waals surface area (Å²) < 4.78 is 16.7. The Balaban J connectivity index is 1.44. The average molecular weight is 368 g/mol. The van der Waals surface area contributed by atoms with E-state index in [9.17, 15) is 9.50 Å². The first-order valence-electron chi connectivity index (χ1n) is 10.4. The summed E-state index contributed by atoms with van der Waals surface area (Å²) in [5.41, 5.74) is 2.53. The van der Waals surface area contributed by atoms with Crippen LogP contribution in [0.25, 0.3) is 11.3 Å². The highest BCUT2D eigenvalue weighted by molar-refractivity contribution is 5.69. The van der Waals surface area contributed by atoms with Crippen molar-refractivity contribution in [1.29, 1.82) is 0 Å². The van der Waals surface area contributed by atoms with Gasteiger partial charge in [-0.1, -0.05) is 38.8 Å². The summed E-state index contributed by atoms with van der Waals surface area (Å²) in [7, 11) is 0. The molecule has 3 nitrogen and oxygen atoms in total. The molecule has 2 saturated carbocycles. The highest BCUT2D eigenvalue weighted by Crippen LogP contribution is 2.54. The van der Waals surface area contributed by atoms with Crippen LogP contribution < -0.4 is 0 Å². The molecule has 0 spiro atoms. The van der Waals surface area contributed by atoms with Gasteiger partial charge in [0.25, 0.3) is 0 Å². The van der Waals surface area contributed by atoms with Crippen LogP contribution in [0.3, 0.4) is 0 Å². The van der Waals surface area contributed by atoms with Gasteiger partial charge in [0.05, 0.1) is 30.4 Å². The fourth-order valence-electron chi connectivity index (χ4n) is 6.32. The van der Waals surface area contributed by atoms with E-state index in [1.807, 2.05) is 10.6 Å². The Morgan fingerprint density at radius 1 is 1.33 bits per heavy atom. The summed E-state index contributed by atoms with van der Waals surface area (Å²) in [6.45, 7) is 4.64. The van der Waals surface area contributed by atoms with E-state index in [-0.39, 0.29) is 17.3 Å². The van der Waals surface area contributed by atoms with Crippen molar-refractivity contribution in [3.05, 3.63) is 42.1 Å². The van der Waals surface area contributed by atoms with Crippen LogP contribution in [0, 0.1) is 29.0 Å². The first-order chi connectivity index (χ1) is 13.0. The van der Waals surface area contributed by atoms with Crippen LogP contribution in [0.4, 0.5) is 4.39 Å². The van der Waals surface area contributed by atoms with Crippen LogP contribution >= 0.6 is 0 Å². The molecular formula is C23H29FN2O. The highest BCUT2D eigenvalue weighted by atomic mass is 19.1. The lowest BCUT2D eigenvalue weighted by atomic mass is 9.56. The number of nitrogens with zero attached hydrogens (tertiary/aromatic N) is 2. The molecule has 144 valence electrons. The number of benzene rings is 1.